The van der Waals surface area contributed by atoms with Crippen LogP contribution >= 0.6 is 11.6 Å². The smallest absolute Gasteiger partial charge is 0.322 e. The molecule has 0 atom stereocenters. The highest BCUT2D eigenvalue weighted by molar-refractivity contribution is 6.30. The van der Waals surface area contributed by atoms with Crippen molar-refractivity contribution in [3.63, 3.8) is 0 Å². The third-order valence-corrected chi connectivity index (χ3v) is 5.68. The van der Waals surface area contributed by atoms with Crippen LogP contribution in [-0.2, 0) is 6.54 Å². The van der Waals surface area contributed by atoms with E-state index in [9.17, 15) is 9.59 Å². The van der Waals surface area contributed by atoms with Crippen LogP contribution in [0.1, 0.15) is 27.9 Å². The molecule has 5 nitrogen and oxygen atoms in total. The van der Waals surface area contributed by atoms with Crippen LogP contribution in [0.5, 0.6) is 0 Å². The quantitative estimate of drug-likeness (QED) is 0.558. The number of halogens is 1. The highest BCUT2D eigenvalue weighted by Gasteiger charge is 2.26. The fourth-order valence-corrected chi connectivity index (χ4v) is 3.85. The Labute approximate surface area is 187 Å². The molecule has 0 saturated carbocycles. The molecule has 6 heteroatoms. The van der Waals surface area contributed by atoms with Crippen LogP contribution in [0.25, 0.3) is 0 Å². The number of amides is 3. The van der Waals surface area contributed by atoms with Gasteiger partial charge in [0.15, 0.2) is 0 Å². The number of carbonyl (C=O) groups excluding carboxylic acids is 2. The van der Waals surface area contributed by atoms with Gasteiger partial charge in [0.05, 0.1) is 0 Å². The Kier molecular flexibility index (Phi) is 6.23. The Morgan fingerprint density at radius 3 is 2.39 bits per heavy atom. The van der Waals surface area contributed by atoms with Gasteiger partial charge in [-0.25, -0.2) is 4.79 Å². The Hall–Kier alpha value is -3.31. The van der Waals surface area contributed by atoms with Crippen molar-refractivity contribution in [2.24, 2.45) is 0 Å². The second kappa shape index (κ2) is 9.23. The first-order chi connectivity index (χ1) is 15.0. The van der Waals surface area contributed by atoms with Crippen LogP contribution in [0.2, 0.25) is 5.02 Å². The number of carbonyl (C=O) groups is 2. The molecule has 1 fully saturated rings. The number of aryl methyl sites for hydroxylation is 1. The minimum Gasteiger partial charge on any atom is -0.322 e. The zero-order valence-electron chi connectivity index (χ0n) is 17.3. The molecule has 0 unspecified atom stereocenters. The molecular formula is C25H24ClN3O2. The number of anilines is 2. The number of rotatable bonds is 5. The van der Waals surface area contributed by atoms with Crippen LogP contribution in [0.4, 0.5) is 16.2 Å². The van der Waals surface area contributed by atoms with Crippen molar-refractivity contribution in [1.29, 1.82) is 0 Å². The van der Waals surface area contributed by atoms with E-state index in [0.29, 0.717) is 29.4 Å². The minimum absolute atomic E-state index is 0.0158. The zero-order valence-corrected chi connectivity index (χ0v) is 18.1. The Morgan fingerprint density at radius 2 is 1.68 bits per heavy atom. The van der Waals surface area contributed by atoms with Gasteiger partial charge in [0.1, 0.15) is 0 Å². The Bertz CT molecular complexity index is 1080. The molecule has 31 heavy (non-hydrogen) atoms. The van der Waals surface area contributed by atoms with Gasteiger partial charge in [0.2, 0.25) is 0 Å². The van der Waals surface area contributed by atoms with E-state index in [1.807, 2.05) is 78.6 Å². The monoisotopic (exact) mass is 433 g/mol. The maximum absolute atomic E-state index is 13.0. The van der Waals surface area contributed by atoms with Crippen molar-refractivity contribution in [3.8, 4) is 0 Å². The highest BCUT2D eigenvalue weighted by Crippen LogP contribution is 2.24. The van der Waals surface area contributed by atoms with E-state index in [1.165, 1.54) is 0 Å². The van der Waals surface area contributed by atoms with E-state index >= 15 is 0 Å². The van der Waals surface area contributed by atoms with Gasteiger partial charge in [-0.3, -0.25) is 9.69 Å². The molecule has 0 bridgehead atoms. The molecule has 1 N–H and O–H groups in total. The van der Waals surface area contributed by atoms with Crippen molar-refractivity contribution < 1.29 is 9.59 Å². The van der Waals surface area contributed by atoms with E-state index in [4.69, 9.17) is 11.6 Å². The van der Waals surface area contributed by atoms with Gasteiger partial charge in [-0.15, -0.1) is 0 Å². The molecule has 1 heterocycles. The Balaban J connectivity index is 1.43. The topological polar surface area (TPSA) is 52.7 Å². The summed E-state index contributed by atoms with van der Waals surface area (Å²) in [7, 11) is 0. The molecule has 158 valence electrons. The zero-order chi connectivity index (χ0) is 21.8. The molecule has 1 saturated heterocycles. The molecule has 1 aliphatic rings. The average molecular weight is 434 g/mol. The summed E-state index contributed by atoms with van der Waals surface area (Å²) in [5.74, 6) is -0.144. The summed E-state index contributed by atoms with van der Waals surface area (Å²) < 4.78 is 0. The van der Waals surface area contributed by atoms with E-state index in [-0.39, 0.29) is 11.9 Å². The molecule has 1 aliphatic heterocycles. The largest absolute Gasteiger partial charge is 0.324 e. The summed E-state index contributed by atoms with van der Waals surface area (Å²) in [6.07, 6.45) is 0.894. The summed E-state index contributed by atoms with van der Waals surface area (Å²) in [6, 6.07) is 22.4. The molecule has 3 aromatic carbocycles. The minimum atomic E-state index is -0.144. The number of urea groups is 1. The predicted molar refractivity (Wildman–Crippen MR) is 125 cm³/mol. The third kappa shape index (κ3) is 4.89. The lowest BCUT2D eigenvalue weighted by molar-refractivity contribution is 0.102. The maximum atomic E-state index is 13.0. The molecule has 3 aromatic rings. The van der Waals surface area contributed by atoms with Crippen molar-refractivity contribution in [3.05, 3.63) is 94.5 Å². The first kappa shape index (κ1) is 20.9. The number of hydrogen-bond acceptors (Lipinski definition) is 2. The van der Waals surface area contributed by atoms with Gasteiger partial charge in [-0.05, 0) is 66.9 Å². The molecule has 0 spiro atoms. The lowest BCUT2D eigenvalue weighted by Crippen LogP contribution is -2.49. The van der Waals surface area contributed by atoms with Gasteiger partial charge in [0, 0.05) is 41.6 Å². The van der Waals surface area contributed by atoms with E-state index in [2.05, 4.69) is 5.32 Å². The molecule has 3 amide bonds. The van der Waals surface area contributed by atoms with Gasteiger partial charge in [-0.2, -0.15) is 0 Å². The van der Waals surface area contributed by atoms with Crippen LogP contribution in [-0.4, -0.2) is 29.9 Å². The maximum Gasteiger partial charge on any atom is 0.324 e. The summed E-state index contributed by atoms with van der Waals surface area (Å²) in [5, 5.41) is 3.61. The molecular weight excluding hydrogens is 410 g/mol. The summed E-state index contributed by atoms with van der Waals surface area (Å²) in [4.78, 5) is 29.2. The Morgan fingerprint density at radius 1 is 0.968 bits per heavy atom. The SMILES string of the molecule is Cc1ccccc1C(=O)Nc1ccc(N2CCCN(Cc3ccc(Cl)cc3)C2=O)cc1. The van der Waals surface area contributed by atoms with E-state index < -0.39 is 0 Å². The first-order valence-electron chi connectivity index (χ1n) is 10.3. The number of nitrogens with one attached hydrogen (secondary N) is 1. The number of nitrogens with zero attached hydrogens (tertiary/aromatic N) is 2. The van der Waals surface area contributed by atoms with E-state index in [1.54, 1.807) is 11.0 Å². The van der Waals surface area contributed by atoms with Crippen molar-refractivity contribution >= 4 is 34.9 Å². The van der Waals surface area contributed by atoms with Gasteiger partial charge < -0.3 is 10.2 Å². The van der Waals surface area contributed by atoms with Crippen LogP contribution in [0, 0.1) is 6.92 Å². The number of benzene rings is 3. The number of hydrogen-bond donors (Lipinski definition) is 1. The summed E-state index contributed by atoms with van der Waals surface area (Å²) >= 11 is 5.96. The predicted octanol–water partition coefficient (Wildman–Crippen LogP) is 5.73. The van der Waals surface area contributed by atoms with Gasteiger partial charge >= 0.3 is 6.03 Å². The van der Waals surface area contributed by atoms with Crippen LogP contribution in [0.3, 0.4) is 0 Å². The molecule has 0 radical (unpaired) electrons. The fourth-order valence-electron chi connectivity index (χ4n) is 3.73. The first-order valence-corrected chi connectivity index (χ1v) is 10.7. The highest BCUT2D eigenvalue weighted by atomic mass is 35.5. The normalized spacial score (nSPS) is 13.9. The van der Waals surface area contributed by atoms with E-state index in [0.717, 1.165) is 29.8 Å². The van der Waals surface area contributed by atoms with Crippen molar-refractivity contribution in [1.82, 2.24) is 4.90 Å². The lowest BCUT2D eigenvalue weighted by Gasteiger charge is -2.35. The molecule has 4 rings (SSSR count). The second-order valence-electron chi connectivity index (χ2n) is 7.65. The van der Waals surface area contributed by atoms with Crippen molar-refractivity contribution in [2.75, 3.05) is 23.3 Å². The van der Waals surface area contributed by atoms with Gasteiger partial charge in [-0.1, -0.05) is 41.9 Å². The standard InChI is InChI=1S/C25H24ClN3O2/c1-18-5-2-3-6-23(18)24(30)27-21-11-13-22(14-12-21)29-16-4-15-28(25(29)31)17-19-7-9-20(26)10-8-19/h2-3,5-14H,4,15-17H2,1H3,(H,27,30). The second-order valence-corrected chi connectivity index (χ2v) is 8.09. The van der Waals surface area contributed by atoms with Crippen LogP contribution < -0.4 is 10.2 Å². The van der Waals surface area contributed by atoms with Gasteiger partial charge in [0.25, 0.3) is 5.91 Å². The van der Waals surface area contributed by atoms with Crippen molar-refractivity contribution in [2.45, 2.75) is 19.9 Å². The third-order valence-electron chi connectivity index (χ3n) is 5.42. The lowest BCUT2D eigenvalue weighted by atomic mass is 10.1. The average Bonchev–Trinajstić information content (AvgIpc) is 2.78. The summed E-state index contributed by atoms with van der Waals surface area (Å²) in [6.45, 7) is 3.86. The van der Waals surface area contributed by atoms with Crippen LogP contribution in [0.15, 0.2) is 72.8 Å². The molecule has 0 aromatic heterocycles. The molecule has 0 aliphatic carbocycles. The summed E-state index contributed by atoms with van der Waals surface area (Å²) in [5.41, 5.74) is 4.14. The fraction of sp³-hybridized carbons (Fsp3) is 0.200.